The number of ether oxygens (including phenoxy) is 3. The number of halogens is 3. The van der Waals surface area contributed by atoms with Gasteiger partial charge in [0.15, 0.2) is 23.7 Å². The van der Waals surface area contributed by atoms with E-state index in [-0.39, 0.29) is 17.8 Å². The second-order valence-corrected chi connectivity index (χ2v) is 5.77. The Labute approximate surface area is 126 Å². The first kappa shape index (κ1) is 15.4. The maximum absolute atomic E-state index is 13.3. The molecule has 22 heavy (non-hydrogen) atoms. The fourth-order valence-corrected chi connectivity index (χ4v) is 2.56. The van der Waals surface area contributed by atoms with Crippen molar-refractivity contribution in [3.8, 4) is 0 Å². The molecule has 120 valence electrons. The highest BCUT2D eigenvalue weighted by Gasteiger charge is 2.30. The first-order valence-electron chi connectivity index (χ1n) is 7.25. The normalized spacial score (nSPS) is 28.9. The molecule has 0 amide bonds. The first-order chi connectivity index (χ1) is 10.5. The van der Waals surface area contributed by atoms with E-state index in [0.29, 0.717) is 37.9 Å². The van der Waals surface area contributed by atoms with Crippen LogP contribution in [0.1, 0.15) is 18.9 Å². The summed E-state index contributed by atoms with van der Waals surface area (Å²) >= 11 is 0. The highest BCUT2D eigenvalue weighted by molar-refractivity contribution is 5.60. The molecule has 3 nitrogen and oxygen atoms in total. The van der Waals surface area contributed by atoms with Crippen molar-refractivity contribution in [1.29, 1.82) is 0 Å². The van der Waals surface area contributed by atoms with Crippen LogP contribution in [-0.2, 0) is 14.2 Å². The summed E-state index contributed by atoms with van der Waals surface area (Å²) in [6.45, 7) is 3.66. The van der Waals surface area contributed by atoms with E-state index in [1.165, 1.54) is 0 Å². The van der Waals surface area contributed by atoms with Crippen molar-refractivity contribution >= 4 is 5.76 Å². The number of benzene rings is 1. The van der Waals surface area contributed by atoms with Crippen LogP contribution in [0.5, 0.6) is 0 Å². The van der Waals surface area contributed by atoms with Crippen LogP contribution in [0.25, 0.3) is 5.76 Å². The van der Waals surface area contributed by atoms with Crippen LogP contribution in [0.3, 0.4) is 0 Å². The Morgan fingerprint density at radius 1 is 1.00 bits per heavy atom. The number of rotatable bonds is 2. The summed E-state index contributed by atoms with van der Waals surface area (Å²) in [5.41, 5.74) is 0.189. The summed E-state index contributed by atoms with van der Waals surface area (Å²) in [6.07, 6.45) is 2.01. The van der Waals surface area contributed by atoms with Crippen LogP contribution < -0.4 is 0 Å². The third-order valence-corrected chi connectivity index (χ3v) is 3.80. The standard InChI is InChI=1S/C16H17F3O3/c1-9-6-21-16(22-7-9)10-2-3-14(20-8-10)11-4-12(17)15(19)13(18)5-11/h3-5,9-10,16H,2,6-8H2,1H3. The lowest BCUT2D eigenvalue weighted by molar-refractivity contribution is -0.226. The topological polar surface area (TPSA) is 27.7 Å². The van der Waals surface area contributed by atoms with Crippen molar-refractivity contribution in [2.24, 2.45) is 11.8 Å². The van der Waals surface area contributed by atoms with Gasteiger partial charge in [-0.1, -0.05) is 6.92 Å². The van der Waals surface area contributed by atoms with E-state index in [0.717, 1.165) is 12.1 Å². The SMILES string of the molecule is CC1COC(C2CC=C(c3cc(F)c(F)c(F)c3)OC2)OC1. The lowest BCUT2D eigenvalue weighted by Crippen LogP contribution is -2.38. The molecule has 2 aliphatic heterocycles. The molecule has 1 atom stereocenters. The van der Waals surface area contributed by atoms with Crippen molar-refractivity contribution < 1.29 is 27.4 Å². The number of hydrogen-bond donors (Lipinski definition) is 0. The van der Waals surface area contributed by atoms with Crippen LogP contribution in [0.15, 0.2) is 18.2 Å². The Morgan fingerprint density at radius 2 is 1.64 bits per heavy atom. The van der Waals surface area contributed by atoms with E-state index in [2.05, 4.69) is 0 Å². The Kier molecular flexibility index (Phi) is 4.40. The average Bonchev–Trinajstić information content (AvgIpc) is 2.53. The lowest BCUT2D eigenvalue weighted by Gasteiger charge is -2.34. The van der Waals surface area contributed by atoms with Crippen LogP contribution in [0, 0.1) is 29.3 Å². The Hall–Kier alpha value is -1.53. The molecule has 0 bridgehead atoms. The van der Waals surface area contributed by atoms with Crippen LogP contribution in [0.2, 0.25) is 0 Å². The number of allylic oxidation sites excluding steroid dienone is 1. The van der Waals surface area contributed by atoms with Crippen molar-refractivity contribution in [1.82, 2.24) is 0 Å². The van der Waals surface area contributed by atoms with E-state index in [9.17, 15) is 13.2 Å². The fraction of sp³-hybridized carbons (Fsp3) is 0.500. The molecule has 1 aromatic carbocycles. The second kappa shape index (κ2) is 6.30. The summed E-state index contributed by atoms with van der Waals surface area (Å²) < 4.78 is 56.3. The molecule has 2 heterocycles. The molecule has 1 fully saturated rings. The third kappa shape index (κ3) is 3.13. The molecule has 0 aliphatic carbocycles. The maximum Gasteiger partial charge on any atom is 0.194 e. The molecular weight excluding hydrogens is 297 g/mol. The number of hydrogen-bond acceptors (Lipinski definition) is 3. The van der Waals surface area contributed by atoms with Gasteiger partial charge in [0.1, 0.15) is 5.76 Å². The molecule has 0 aromatic heterocycles. The molecule has 0 saturated carbocycles. The molecule has 3 rings (SSSR count). The predicted molar refractivity (Wildman–Crippen MR) is 73.2 cm³/mol. The molecular formula is C16H17F3O3. The van der Waals surface area contributed by atoms with Gasteiger partial charge >= 0.3 is 0 Å². The highest BCUT2D eigenvalue weighted by Crippen LogP contribution is 2.30. The zero-order valence-electron chi connectivity index (χ0n) is 12.2. The van der Waals surface area contributed by atoms with Gasteiger partial charge in [-0.15, -0.1) is 0 Å². The minimum atomic E-state index is -1.48. The van der Waals surface area contributed by atoms with E-state index in [4.69, 9.17) is 14.2 Å². The van der Waals surface area contributed by atoms with E-state index < -0.39 is 17.5 Å². The van der Waals surface area contributed by atoms with E-state index in [1.807, 2.05) is 6.92 Å². The van der Waals surface area contributed by atoms with Crippen LogP contribution in [-0.4, -0.2) is 26.1 Å². The van der Waals surface area contributed by atoms with Gasteiger partial charge in [0.05, 0.1) is 19.8 Å². The monoisotopic (exact) mass is 314 g/mol. The fourth-order valence-electron chi connectivity index (χ4n) is 2.56. The minimum absolute atomic E-state index is 0.0337. The van der Waals surface area contributed by atoms with Crippen LogP contribution in [0.4, 0.5) is 13.2 Å². The van der Waals surface area contributed by atoms with Gasteiger partial charge < -0.3 is 14.2 Å². The molecule has 6 heteroatoms. The minimum Gasteiger partial charge on any atom is -0.493 e. The van der Waals surface area contributed by atoms with Gasteiger partial charge in [-0.2, -0.15) is 0 Å². The molecule has 1 aromatic rings. The summed E-state index contributed by atoms with van der Waals surface area (Å²) in [5.74, 6) is -3.18. The van der Waals surface area contributed by atoms with E-state index in [1.54, 1.807) is 6.08 Å². The van der Waals surface area contributed by atoms with Gasteiger partial charge in [-0.25, -0.2) is 13.2 Å². The zero-order valence-corrected chi connectivity index (χ0v) is 12.2. The molecule has 0 N–H and O–H groups in total. The Morgan fingerprint density at radius 3 is 2.18 bits per heavy atom. The van der Waals surface area contributed by atoms with Crippen molar-refractivity contribution in [3.05, 3.63) is 41.2 Å². The molecule has 0 radical (unpaired) electrons. The van der Waals surface area contributed by atoms with Gasteiger partial charge in [0.2, 0.25) is 0 Å². The Bertz CT molecular complexity index is 557. The van der Waals surface area contributed by atoms with Crippen LogP contribution >= 0.6 is 0 Å². The van der Waals surface area contributed by atoms with Gasteiger partial charge in [0.25, 0.3) is 0 Å². The Balaban J connectivity index is 1.69. The van der Waals surface area contributed by atoms with Crippen molar-refractivity contribution in [2.45, 2.75) is 19.6 Å². The summed E-state index contributed by atoms with van der Waals surface area (Å²) in [6, 6.07) is 1.86. The zero-order chi connectivity index (χ0) is 15.7. The summed E-state index contributed by atoms with van der Waals surface area (Å²) in [4.78, 5) is 0. The van der Waals surface area contributed by atoms with Gasteiger partial charge in [0, 0.05) is 17.4 Å². The van der Waals surface area contributed by atoms with Crippen molar-refractivity contribution in [3.63, 3.8) is 0 Å². The van der Waals surface area contributed by atoms with Gasteiger partial charge in [-0.3, -0.25) is 0 Å². The van der Waals surface area contributed by atoms with Gasteiger partial charge in [-0.05, 0) is 24.6 Å². The summed E-state index contributed by atoms with van der Waals surface area (Å²) in [5, 5.41) is 0. The van der Waals surface area contributed by atoms with Crippen molar-refractivity contribution in [2.75, 3.05) is 19.8 Å². The molecule has 1 saturated heterocycles. The smallest absolute Gasteiger partial charge is 0.194 e. The maximum atomic E-state index is 13.3. The average molecular weight is 314 g/mol. The molecule has 0 spiro atoms. The quantitative estimate of drug-likeness (QED) is 0.782. The third-order valence-electron chi connectivity index (χ3n) is 3.80. The molecule has 2 aliphatic rings. The lowest BCUT2D eigenvalue weighted by atomic mass is 10.00. The van der Waals surface area contributed by atoms with E-state index >= 15 is 0 Å². The first-order valence-corrected chi connectivity index (χ1v) is 7.25. The highest BCUT2D eigenvalue weighted by atomic mass is 19.2. The molecule has 1 unspecified atom stereocenters. The predicted octanol–water partition coefficient (Wildman–Crippen LogP) is 3.49. The largest absolute Gasteiger partial charge is 0.493 e. The second-order valence-electron chi connectivity index (χ2n) is 5.77. The summed E-state index contributed by atoms with van der Waals surface area (Å²) in [7, 11) is 0.